The zero-order valence-corrected chi connectivity index (χ0v) is 22.3. The number of rotatable bonds is 7. The number of fused-ring (bicyclic) bond motifs is 1. The number of hydrogen-bond acceptors (Lipinski definition) is 7. The number of benzene rings is 2. The number of nitrogens with zero attached hydrogens (tertiary/aromatic N) is 3. The maximum Gasteiger partial charge on any atom is 0.413 e. The highest BCUT2D eigenvalue weighted by Crippen LogP contribution is 2.29. The van der Waals surface area contributed by atoms with Gasteiger partial charge in [-0.1, -0.05) is 36.9 Å². The second-order valence-corrected chi connectivity index (χ2v) is 10.1. The van der Waals surface area contributed by atoms with Gasteiger partial charge < -0.3 is 15.0 Å². The molecule has 37 heavy (non-hydrogen) atoms. The van der Waals surface area contributed by atoms with Gasteiger partial charge in [0.05, 0.1) is 30.0 Å². The third-order valence-corrected chi connectivity index (χ3v) is 6.98. The molecule has 0 spiro atoms. The molecule has 1 aliphatic carbocycles. The van der Waals surface area contributed by atoms with Crippen LogP contribution in [0.2, 0.25) is 0 Å². The Labute approximate surface area is 224 Å². The van der Waals surface area contributed by atoms with Crippen molar-refractivity contribution in [2.45, 2.75) is 48.4 Å². The number of carbonyl (C=O) groups is 2. The fourth-order valence-corrected chi connectivity index (χ4v) is 4.84. The number of urea groups is 1. The number of imidazole rings is 1. The van der Waals surface area contributed by atoms with E-state index in [2.05, 4.69) is 49.7 Å². The molecular weight excluding hydrogens is 516 g/mol. The van der Waals surface area contributed by atoms with E-state index < -0.39 is 12.1 Å². The van der Waals surface area contributed by atoms with Crippen molar-refractivity contribution in [2.24, 2.45) is 11.2 Å². The van der Waals surface area contributed by atoms with Crippen molar-refractivity contribution in [3.63, 3.8) is 0 Å². The van der Waals surface area contributed by atoms with Crippen LogP contribution in [0.3, 0.4) is 0 Å². The minimum atomic E-state index is -0.548. The van der Waals surface area contributed by atoms with Crippen molar-refractivity contribution < 1.29 is 14.3 Å². The van der Waals surface area contributed by atoms with Gasteiger partial charge in [0.2, 0.25) is 5.95 Å². The van der Waals surface area contributed by atoms with E-state index in [9.17, 15) is 14.5 Å². The van der Waals surface area contributed by atoms with Crippen molar-refractivity contribution in [1.82, 2.24) is 20.3 Å². The average Bonchev–Trinajstić information content (AvgIpc) is 3.30. The lowest BCUT2D eigenvalue weighted by molar-refractivity contribution is 0.186. The molecule has 1 fully saturated rings. The van der Waals surface area contributed by atoms with E-state index in [1.165, 1.54) is 12.0 Å². The maximum absolute atomic E-state index is 11.6. The van der Waals surface area contributed by atoms with Crippen molar-refractivity contribution in [1.29, 1.82) is 0 Å². The Balaban J connectivity index is 0.000000214. The molecule has 2 aromatic carbocycles. The summed E-state index contributed by atoms with van der Waals surface area (Å²) in [5.74, 6) is 1.32. The Morgan fingerprint density at radius 1 is 1.16 bits per heavy atom. The van der Waals surface area contributed by atoms with Crippen LogP contribution in [-0.2, 0) is 4.74 Å². The van der Waals surface area contributed by atoms with E-state index in [1.54, 1.807) is 11.8 Å². The lowest BCUT2D eigenvalue weighted by Gasteiger charge is -2.27. The van der Waals surface area contributed by atoms with Gasteiger partial charge in [0.15, 0.2) is 0 Å². The summed E-state index contributed by atoms with van der Waals surface area (Å²) in [5.41, 5.74) is 1.65. The third-order valence-electron chi connectivity index (χ3n) is 5.81. The molecule has 0 atom stereocenters. The van der Waals surface area contributed by atoms with E-state index in [-0.39, 0.29) is 18.5 Å². The van der Waals surface area contributed by atoms with Gasteiger partial charge in [-0.25, -0.2) is 14.6 Å². The molecular formula is C25H31ClN6O4S. The molecule has 1 aliphatic rings. The molecule has 198 valence electrons. The molecule has 3 amide bonds. The van der Waals surface area contributed by atoms with Crippen LogP contribution in [0, 0.1) is 10.8 Å². The smallest absolute Gasteiger partial charge is 0.413 e. The fourth-order valence-electron chi connectivity index (χ4n) is 3.80. The predicted octanol–water partition coefficient (Wildman–Crippen LogP) is 6.39. The van der Waals surface area contributed by atoms with Crippen LogP contribution in [-0.4, -0.2) is 52.7 Å². The number of H-pyrrole nitrogens is 1. The van der Waals surface area contributed by atoms with Gasteiger partial charge in [0.1, 0.15) is 0 Å². The number of amides is 3. The molecule has 10 nitrogen and oxygen atoms in total. The lowest BCUT2D eigenvalue weighted by Crippen LogP contribution is -2.44. The Kier molecular flexibility index (Phi) is 11.0. The SMILES string of the molecule is CC1CCC(NC(=O)N(CCCl)N=O)CC1.COC(=O)Nc1nc2ccc(Sc3ccccc3)cc2[nH]1. The van der Waals surface area contributed by atoms with Gasteiger partial charge in [-0.3, -0.25) is 5.32 Å². The molecule has 1 heterocycles. The standard InChI is InChI=1S/C15H13N3O2S.C10H18ClN3O2/c1-20-15(19)18-14-16-12-8-7-11(9-13(12)17-14)21-10-5-3-2-4-6-10;1-8-2-4-9(5-3-8)12-10(15)14(13-16)7-6-11/h2-9H,1H3,(H2,16,17,18,19);8-9H,2-7H2,1H3,(H,12,15). The molecule has 1 aromatic heterocycles. The average molecular weight is 547 g/mol. The summed E-state index contributed by atoms with van der Waals surface area (Å²) >= 11 is 7.13. The quantitative estimate of drug-likeness (QED) is 0.179. The number of methoxy groups -OCH3 is 1. The molecule has 0 bridgehead atoms. The maximum atomic E-state index is 11.6. The van der Waals surface area contributed by atoms with Crippen LogP contribution < -0.4 is 10.6 Å². The summed E-state index contributed by atoms with van der Waals surface area (Å²) in [7, 11) is 1.31. The van der Waals surface area contributed by atoms with Crippen molar-refractivity contribution in [3.8, 4) is 0 Å². The Morgan fingerprint density at radius 3 is 2.54 bits per heavy atom. The molecule has 12 heteroatoms. The Morgan fingerprint density at radius 2 is 1.89 bits per heavy atom. The Hall–Kier alpha value is -3.31. The van der Waals surface area contributed by atoms with Crippen LogP contribution in [0.5, 0.6) is 0 Å². The number of carbonyl (C=O) groups excluding carboxylic acids is 2. The van der Waals surface area contributed by atoms with E-state index in [4.69, 9.17) is 11.6 Å². The summed E-state index contributed by atoms with van der Waals surface area (Å²) in [6.07, 6.45) is 3.64. The monoisotopic (exact) mass is 546 g/mol. The summed E-state index contributed by atoms with van der Waals surface area (Å²) in [6, 6.07) is 15.8. The molecule has 3 aromatic rings. The van der Waals surface area contributed by atoms with Crippen LogP contribution in [0.25, 0.3) is 11.0 Å². The van der Waals surface area contributed by atoms with Crippen LogP contribution in [0.4, 0.5) is 15.5 Å². The summed E-state index contributed by atoms with van der Waals surface area (Å²) in [5, 5.41) is 8.81. The first kappa shape index (κ1) is 28.3. The number of aromatic nitrogens is 2. The zero-order valence-electron chi connectivity index (χ0n) is 20.8. The predicted molar refractivity (Wildman–Crippen MR) is 146 cm³/mol. The number of alkyl halides is 1. The highest BCUT2D eigenvalue weighted by atomic mass is 35.5. The molecule has 0 unspecified atom stereocenters. The van der Waals surface area contributed by atoms with Crippen LogP contribution in [0.1, 0.15) is 32.6 Å². The molecule has 0 radical (unpaired) electrons. The van der Waals surface area contributed by atoms with Gasteiger partial charge in [-0.15, -0.1) is 16.5 Å². The van der Waals surface area contributed by atoms with Gasteiger partial charge in [0, 0.05) is 21.7 Å². The summed E-state index contributed by atoms with van der Waals surface area (Å²) < 4.78 is 4.54. The topological polar surface area (TPSA) is 129 Å². The number of anilines is 1. The first-order valence-electron chi connectivity index (χ1n) is 12.0. The number of ether oxygens (including phenoxy) is 1. The molecule has 4 rings (SSSR count). The number of halogens is 1. The molecule has 0 aliphatic heterocycles. The normalized spacial score (nSPS) is 16.7. The van der Waals surface area contributed by atoms with Crippen molar-refractivity contribution >= 4 is 52.5 Å². The summed E-state index contributed by atoms with van der Waals surface area (Å²) in [6.45, 7) is 2.37. The first-order valence-corrected chi connectivity index (χ1v) is 13.3. The zero-order chi connectivity index (χ0) is 26.6. The van der Waals surface area contributed by atoms with Gasteiger partial charge >= 0.3 is 12.1 Å². The number of nitrogens with one attached hydrogen (secondary N) is 3. The second-order valence-electron chi connectivity index (χ2n) is 8.60. The number of hydrogen-bond donors (Lipinski definition) is 3. The van der Waals surface area contributed by atoms with Gasteiger partial charge in [-0.05, 0) is 61.9 Å². The number of nitroso groups, excluding NO2 is 1. The van der Waals surface area contributed by atoms with E-state index in [0.29, 0.717) is 5.95 Å². The largest absolute Gasteiger partial charge is 0.453 e. The molecule has 1 saturated carbocycles. The minimum Gasteiger partial charge on any atom is -0.453 e. The van der Waals surface area contributed by atoms with E-state index in [0.717, 1.165) is 52.5 Å². The molecule has 0 saturated heterocycles. The lowest BCUT2D eigenvalue weighted by atomic mass is 9.87. The summed E-state index contributed by atoms with van der Waals surface area (Å²) in [4.78, 5) is 42.7. The third kappa shape index (κ3) is 8.94. The molecule has 3 N–H and O–H groups in total. The minimum absolute atomic E-state index is 0.153. The first-order chi connectivity index (χ1) is 17.9. The second kappa shape index (κ2) is 14.4. The van der Waals surface area contributed by atoms with E-state index >= 15 is 0 Å². The van der Waals surface area contributed by atoms with Crippen LogP contribution >= 0.6 is 23.4 Å². The Bertz CT molecular complexity index is 1170. The van der Waals surface area contributed by atoms with Crippen molar-refractivity contribution in [3.05, 3.63) is 53.4 Å². The van der Waals surface area contributed by atoms with Gasteiger partial charge in [0.25, 0.3) is 0 Å². The fraction of sp³-hybridized carbons (Fsp3) is 0.400. The highest BCUT2D eigenvalue weighted by Gasteiger charge is 2.22. The van der Waals surface area contributed by atoms with E-state index in [1.807, 2.05) is 36.4 Å². The van der Waals surface area contributed by atoms with Crippen molar-refractivity contribution in [2.75, 3.05) is 24.9 Å². The van der Waals surface area contributed by atoms with Crippen LogP contribution in [0.15, 0.2) is 63.6 Å². The van der Waals surface area contributed by atoms with Gasteiger partial charge in [-0.2, -0.15) is 5.01 Å². The number of aromatic amines is 1. The highest BCUT2D eigenvalue weighted by molar-refractivity contribution is 7.99.